The van der Waals surface area contributed by atoms with Gasteiger partial charge in [0.05, 0.1) is 12.1 Å². The smallest absolute Gasteiger partial charge is 0.315 e. The van der Waals surface area contributed by atoms with Crippen molar-refractivity contribution in [2.45, 2.75) is 45.6 Å². The highest BCUT2D eigenvalue weighted by Gasteiger charge is 2.31. The molecule has 6 nitrogen and oxygen atoms in total. The van der Waals surface area contributed by atoms with E-state index in [1.807, 2.05) is 20.8 Å². The van der Waals surface area contributed by atoms with Gasteiger partial charge in [-0.25, -0.2) is 4.79 Å². The zero-order valence-corrected chi connectivity index (χ0v) is 12.6. The lowest BCUT2D eigenvalue weighted by Gasteiger charge is -2.25. The van der Waals surface area contributed by atoms with Gasteiger partial charge in [0.1, 0.15) is 0 Å². The molecule has 0 bridgehead atoms. The zero-order valence-electron chi connectivity index (χ0n) is 12.6. The lowest BCUT2D eigenvalue weighted by atomic mass is 9.94. The predicted octanol–water partition coefficient (Wildman–Crippen LogP) is 1.60. The molecular weight excluding hydrogens is 260 g/mol. The third-order valence-electron chi connectivity index (χ3n) is 3.45. The van der Waals surface area contributed by atoms with E-state index in [1.54, 1.807) is 0 Å². The van der Waals surface area contributed by atoms with Crippen LogP contribution in [-0.2, 0) is 9.53 Å². The van der Waals surface area contributed by atoms with Crippen molar-refractivity contribution in [3.05, 3.63) is 0 Å². The highest BCUT2D eigenvalue weighted by atomic mass is 16.5. The average molecular weight is 286 g/mol. The number of carbonyl (C=O) groups excluding carboxylic acids is 1. The monoisotopic (exact) mass is 286 g/mol. The highest BCUT2D eigenvalue weighted by molar-refractivity contribution is 5.75. The first kappa shape index (κ1) is 16.8. The van der Waals surface area contributed by atoms with E-state index in [4.69, 9.17) is 9.84 Å². The number of carboxylic acids is 1. The lowest BCUT2D eigenvalue weighted by molar-refractivity contribution is -0.138. The highest BCUT2D eigenvalue weighted by Crippen LogP contribution is 2.17. The summed E-state index contributed by atoms with van der Waals surface area (Å²) in [6, 6.07) is -0.253. The molecule has 1 fully saturated rings. The predicted molar refractivity (Wildman–Crippen MR) is 75.6 cm³/mol. The zero-order chi connectivity index (χ0) is 15.2. The summed E-state index contributed by atoms with van der Waals surface area (Å²) < 4.78 is 5.27. The Morgan fingerprint density at radius 2 is 2.10 bits per heavy atom. The normalized spacial score (nSPS) is 23.6. The summed E-state index contributed by atoms with van der Waals surface area (Å²) in [5.41, 5.74) is -0.315. The maximum Gasteiger partial charge on any atom is 0.315 e. The molecule has 1 aliphatic rings. The van der Waals surface area contributed by atoms with Gasteiger partial charge in [-0.2, -0.15) is 0 Å². The van der Waals surface area contributed by atoms with Crippen LogP contribution in [-0.4, -0.2) is 42.4 Å². The van der Waals surface area contributed by atoms with Crippen molar-refractivity contribution in [1.82, 2.24) is 10.6 Å². The van der Waals surface area contributed by atoms with Crippen LogP contribution in [0.2, 0.25) is 0 Å². The van der Waals surface area contributed by atoms with Crippen LogP contribution in [0.25, 0.3) is 0 Å². The van der Waals surface area contributed by atoms with Gasteiger partial charge < -0.3 is 20.5 Å². The molecule has 0 saturated carbocycles. The Morgan fingerprint density at radius 1 is 1.40 bits per heavy atom. The maximum atomic E-state index is 11.9. The second-order valence-electron chi connectivity index (χ2n) is 6.29. The van der Waals surface area contributed by atoms with Crippen LogP contribution in [0, 0.1) is 11.8 Å². The first-order valence-corrected chi connectivity index (χ1v) is 7.16. The van der Waals surface area contributed by atoms with E-state index in [9.17, 15) is 9.59 Å². The van der Waals surface area contributed by atoms with Crippen LogP contribution in [0.5, 0.6) is 0 Å². The van der Waals surface area contributed by atoms with Gasteiger partial charge in [-0.05, 0) is 31.6 Å². The third kappa shape index (κ3) is 6.23. The fourth-order valence-electron chi connectivity index (χ4n) is 2.47. The number of nitrogens with one attached hydrogen (secondary N) is 2. The molecule has 0 aromatic rings. The molecule has 1 saturated heterocycles. The van der Waals surface area contributed by atoms with E-state index in [-0.39, 0.29) is 23.9 Å². The fraction of sp³-hybridized carbons (Fsp3) is 0.857. The van der Waals surface area contributed by atoms with Crippen LogP contribution in [0.1, 0.15) is 40.0 Å². The van der Waals surface area contributed by atoms with Gasteiger partial charge in [0, 0.05) is 19.6 Å². The second-order valence-corrected chi connectivity index (χ2v) is 6.29. The van der Waals surface area contributed by atoms with Gasteiger partial charge in [-0.3, -0.25) is 4.79 Å². The molecule has 116 valence electrons. The number of aliphatic carboxylic acids is 1. The number of carbonyl (C=O) groups is 2. The topological polar surface area (TPSA) is 87.7 Å². The minimum absolute atomic E-state index is 0.0362. The molecule has 1 unspecified atom stereocenters. The summed E-state index contributed by atoms with van der Waals surface area (Å²) in [6.07, 6.45) is 1.66. The molecule has 1 rings (SSSR count). The molecule has 2 amide bonds. The van der Waals surface area contributed by atoms with E-state index in [0.29, 0.717) is 25.7 Å². The molecule has 0 spiro atoms. The van der Waals surface area contributed by atoms with E-state index in [1.165, 1.54) is 0 Å². The van der Waals surface area contributed by atoms with Crippen LogP contribution in [0.4, 0.5) is 4.79 Å². The number of ether oxygens (including phenoxy) is 1. The standard InChI is InChI=1S/C14H26N2O4/c1-10(2)6-11(7-12(17)18)8-15-13(19)16-14(3)4-5-20-9-14/h10-11H,4-9H2,1-3H3,(H,17,18)(H2,15,16,19)/t11-,14?/m0/s1. The largest absolute Gasteiger partial charge is 0.481 e. The van der Waals surface area contributed by atoms with Crippen molar-refractivity contribution in [3.8, 4) is 0 Å². The molecule has 1 heterocycles. The van der Waals surface area contributed by atoms with Crippen molar-refractivity contribution in [2.24, 2.45) is 11.8 Å². The second kappa shape index (κ2) is 7.47. The molecule has 1 aliphatic heterocycles. The number of hydrogen-bond donors (Lipinski definition) is 3. The van der Waals surface area contributed by atoms with Gasteiger partial charge in [0.15, 0.2) is 0 Å². The molecule has 3 N–H and O–H groups in total. The number of amides is 2. The number of rotatable bonds is 7. The molecular formula is C14H26N2O4. The lowest BCUT2D eigenvalue weighted by Crippen LogP contribution is -2.51. The summed E-state index contributed by atoms with van der Waals surface area (Å²) in [5, 5.41) is 14.6. The Kier molecular flexibility index (Phi) is 6.26. The molecule has 0 aliphatic carbocycles. The van der Waals surface area contributed by atoms with Crippen LogP contribution in [0.3, 0.4) is 0 Å². The molecule has 2 atom stereocenters. The number of hydrogen-bond acceptors (Lipinski definition) is 3. The number of carboxylic acid groups (broad SMARTS) is 1. The van der Waals surface area contributed by atoms with E-state index in [2.05, 4.69) is 10.6 Å². The fourth-order valence-corrected chi connectivity index (χ4v) is 2.47. The summed E-state index contributed by atoms with van der Waals surface area (Å²) >= 11 is 0. The van der Waals surface area contributed by atoms with Gasteiger partial charge >= 0.3 is 12.0 Å². The van der Waals surface area contributed by atoms with E-state index >= 15 is 0 Å². The van der Waals surface area contributed by atoms with Gasteiger partial charge in [-0.1, -0.05) is 13.8 Å². The minimum atomic E-state index is -0.825. The minimum Gasteiger partial charge on any atom is -0.481 e. The Hall–Kier alpha value is -1.30. The Bertz CT molecular complexity index is 338. The van der Waals surface area contributed by atoms with Gasteiger partial charge in [-0.15, -0.1) is 0 Å². The molecule has 0 radical (unpaired) electrons. The van der Waals surface area contributed by atoms with E-state index < -0.39 is 5.97 Å². The summed E-state index contributed by atoms with van der Waals surface area (Å²) in [7, 11) is 0. The van der Waals surface area contributed by atoms with Crippen molar-refractivity contribution < 1.29 is 19.4 Å². The van der Waals surface area contributed by atoms with Gasteiger partial charge in [0.2, 0.25) is 0 Å². The molecule has 20 heavy (non-hydrogen) atoms. The number of urea groups is 1. The van der Waals surface area contributed by atoms with Gasteiger partial charge in [0.25, 0.3) is 0 Å². The molecule has 0 aromatic carbocycles. The Labute approximate surface area is 120 Å². The maximum absolute atomic E-state index is 11.9. The summed E-state index contributed by atoms with van der Waals surface area (Å²) in [6.45, 7) is 7.60. The van der Waals surface area contributed by atoms with E-state index in [0.717, 1.165) is 12.8 Å². The molecule has 0 aromatic heterocycles. The van der Waals surface area contributed by atoms with Crippen LogP contribution >= 0.6 is 0 Å². The first-order valence-electron chi connectivity index (χ1n) is 7.16. The Morgan fingerprint density at radius 3 is 2.60 bits per heavy atom. The summed E-state index contributed by atoms with van der Waals surface area (Å²) in [5.74, 6) is -0.454. The quantitative estimate of drug-likeness (QED) is 0.663. The van der Waals surface area contributed by atoms with Crippen molar-refractivity contribution in [2.75, 3.05) is 19.8 Å². The van der Waals surface area contributed by atoms with Crippen LogP contribution in [0.15, 0.2) is 0 Å². The SMILES string of the molecule is CC(C)C[C@H](CNC(=O)NC1(C)CCOC1)CC(=O)O. The average Bonchev–Trinajstić information content (AvgIpc) is 2.71. The first-order chi connectivity index (χ1) is 9.31. The Balaban J connectivity index is 2.37. The van der Waals surface area contributed by atoms with Crippen molar-refractivity contribution >= 4 is 12.0 Å². The van der Waals surface area contributed by atoms with Crippen LogP contribution < -0.4 is 10.6 Å². The van der Waals surface area contributed by atoms with Crippen molar-refractivity contribution in [3.63, 3.8) is 0 Å². The molecule has 6 heteroatoms. The van der Waals surface area contributed by atoms with Crippen molar-refractivity contribution in [1.29, 1.82) is 0 Å². The third-order valence-corrected chi connectivity index (χ3v) is 3.45. The summed E-state index contributed by atoms with van der Waals surface area (Å²) in [4.78, 5) is 22.7.